The Balaban J connectivity index is 1.38. The van der Waals surface area contributed by atoms with Crippen molar-refractivity contribution in [1.82, 2.24) is 19.5 Å². The zero-order chi connectivity index (χ0) is 23.0. The van der Waals surface area contributed by atoms with Gasteiger partial charge in [-0.25, -0.2) is 14.4 Å². The fourth-order valence-electron chi connectivity index (χ4n) is 6.77. The highest BCUT2D eigenvalue weighted by Crippen LogP contribution is 2.50. The monoisotopic (exact) mass is 458 g/mol. The third kappa shape index (κ3) is 3.09. The molecule has 3 aromatic heterocycles. The molecular formula is C27H27FN4O2. The van der Waals surface area contributed by atoms with Crippen LogP contribution in [-0.4, -0.2) is 30.6 Å². The second kappa shape index (κ2) is 7.39. The van der Waals surface area contributed by atoms with Gasteiger partial charge in [-0.05, 0) is 87.0 Å². The van der Waals surface area contributed by atoms with Crippen LogP contribution in [0.15, 0.2) is 36.7 Å². The molecule has 0 saturated heterocycles. The summed E-state index contributed by atoms with van der Waals surface area (Å²) in [6.45, 7) is 0. The van der Waals surface area contributed by atoms with E-state index in [0.29, 0.717) is 24.2 Å². The van der Waals surface area contributed by atoms with E-state index >= 15 is 0 Å². The third-order valence-electron chi connectivity index (χ3n) is 8.58. The molecule has 0 radical (unpaired) electrons. The van der Waals surface area contributed by atoms with Gasteiger partial charge in [-0.2, -0.15) is 0 Å². The quantitative estimate of drug-likeness (QED) is 0.400. The van der Waals surface area contributed by atoms with Gasteiger partial charge in [0, 0.05) is 40.3 Å². The normalized spacial score (nSPS) is 26.5. The summed E-state index contributed by atoms with van der Waals surface area (Å²) in [6.07, 6.45) is 11.2. The zero-order valence-electron chi connectivity index (χ0n) is 18.9. The van der Waals surface area contributed by atoms with Crippen LogP contribution in [0.1, 0.15) is 50.3 Å². The van der Waals surface area contributed by atoms with E-state index in [9.17, 15) is 14.3 Å². The lowest BCUT2D eigenvalue weighted by Crippen LogP contribution is -2.45. The Morgan fingerprint density at radius 1 is 1.06 bits per heavy atom. The topological polar surface area (TPSA) is 83.8 Å². The van der Waals surface area contributed by atoms with E-state index in [-0.39, 0.29) is 23.6 Å². The number of halogens is 1. The van der Waals surface area contributed by atoms with Gasteiger partial charge in [0.1, 0.15) is 11.5 Å². The summed E-state index contributed by atoms with van der Waals surface area (Å²) in [7, 11) is 0. The molecule has 34 heavy (non-hydrogen) atoms. The van der Waals surface area contributed by atoms with Crippen molar-refractivity contribution in [3.8, 4) is 11.4 Å². The molecule has 174 valence electrons. The lowest BCUT2D eigenvalue weighted by molar-refractivity contribution is -0.152. The number of H-pyrrole nitrogens is 1. The van der Waals surface area contributed by atoms with Crippen LogP contribution in [0.4, 0.5) is 4.39 Å². The van der Waals surface area contributed by atoms with Crippen molar-refractivity contribution >= 4 is 27.9 Å². The van der Waals surface area contributed by atoms with Crippen LogP contribution in [-0.2, 0) is 11.2 Å². The van der Waals surface area contributed by atoms with Gasteiger partial charge in [-0.3, -0.25) is 4.79 Å². The first-order chi connectivity index (χ1) is 16.6. The molecular weight excluding hydrogens is 431 g/mol. The number of nitrogens with zero attached hydrogens (tertiary/aromatic N) is 3. The molecule has 6 nitrogen and oxygen atoms in total. The molecule has 2 atom stereocenters. The van der Waals surface area contributed by atoms with Gasteiger partial charge in [0.15, 0.2) is 5.82 Å². The van der Waals surface area contributed by atoms with Crippen molar-refractivity contribution in [2.24, 2.45) is 23.7 Å². The molecule has 1 aromatic carbocycles. The average Bonchev–Trinajstić information content (AvgIpc) is 3.45. The van der Waals surface area contributed by atoms with Crippen LogP contribution < -0.4 is 0 Å². The minimum absolute atomic E-state index is 0.0978. The van der Waals surface area contributed by atoms with E-state index in [1.807, 2.05) is 6.20 Å². The second-order valence-electron chi connectivity index (χ2n) is 10.5. The first kappa shape index (κ1) is 20.2. The smallest absolute Gasteiger partial charge is 0.307 e. The Kier molecular flexibility index (Phi) is 4.38. The molecule has 0 aliphatic heterocycles. The largest absolute Gasteiger partial charge is 0.481 e. The summed E-state index contributed by atoms with van der Waals surface area (Å²) < 4.78 is 16.3. The van der Waals surface area contributed by atoms with Gasteiger partial charge in [0.2, 0.25) is 0 Å². The van der Waals surface area contributed by atoms with Crippen molar-refractivity contribution in [2.45, 2.75) is 51.0 Å². The minimum Gasteiger partial charge on any atom is -0.481 e. The molecule has 2 unspecified atom stereocenters. The Bertz CT molecular complexity index is 1430. The minimum atomic E-state index is -0.660. The van der Waals surface area contributed by atoms with E-state index in [1.165, 1.54) is 12.1 Å². The predicted molar refractivity (Wildman–Crippen MR) is 127 cm³/mol. The Hall–Kier alpha value is -3.22. The Morgan fingerprint density at radius 3 is 2.62 bits per heavy atom. The van der Waals surface area contributed by atoms with E-state index < -0.39 is 5.97 Å². The van der Waals surface area contributed by atoms with Gasteiger partial charge in [0.05, 0.1) is 11.6 Å². The lowest BCUT2D eigenvalue weighted by Gasteiger charge is -2.46. The standard InChI is InChI=1S/C27H27FN4O2/c28-16-5-8-22-20(11-16)21(13-29-22)25-30-23(18-9-10-32(17-6-7-17)26(18)31-25)12-19-14-1-3-15(4-2-14)24(19)27(33)34/h5,8-11,13-15,17,19,24,29H,1-4,6-7,12H2,(H,33,34). The van der Waals surface area contributed by atoms with Crippen LogP contribution >= 0.6 is 0 Å². The van der Waals surface area contributed by atoms with Gasteiger partial charge in [-0.15, -0.1) is 0 Å². The van der Waals surface area contributed by atoms with Crippen molar-refractivity contribution in [2.75, 3.05) is 0 Å². The molecule has 2 N–H and O–H groups in total. The summed E-state index contributed by atoms with van der Waals surface area (Å²) in [5.74, 6) is 0.137. The van der Waals surface area contributed by atoms with Crippen LogP contribution in [0.2, 0.25) is 0 Å². The van der Waals surface area contributed by atoms with Gasteiger partial charge in [-0.1, -0.05) is 0 Å². The molecule has 0 spiro atoms. The first-order valence-electron chi connectivity index (χ1n) is 12.4. The molecule has 4 saturated carbocycles. The van der Waals surface area contributed by atoms with Gasteiger partial charge >= 0.3 is 5.97 Å². The summed E-state index contributed by atoms with van der Waals surface area (Å²) in [5.41, 5.74) is 3.45. The SMILES string of the molecule is O=C(O)C1C2CCC(CC2)C1Cc1nc(-c2c[nH]c3ccc(F)cc23)nc2c1ccn2C1CC1. The summed E-state index contributed by atoms with van der Waals surface area (Å²) >= 11 is 0. The zero-order valence-corrected chi connectivity index (χ0v) is 18.9. The first-order valence-corrected chi connectivity index (χ1v) is 12.4. The predicted octanol–water partition coefficient (Wildman–Crippen LogP) is 5.73. The third-order valence-corrected chi connectivity index (χ3v) is 8.58. The number of aromatic nitrogens is 4. The highest BCUT2D eigenvalue weighted by molar-refractivity contribution is 5.95. The van der Waals surface area contributed by atoms with Crippen molar-refractivity contribution < 1.29 is 14.3 Å². The number of benzene rings is 1. The van der Waals surface area contributed by atoms with Crippen LogP contribution in [0.5, 0.6) is 0 Å². The maximum absolute atomic E-state index is 14.1. The van der Waals surface area contributed by atoms with E-state index in [2.05, 4.69) is 21.8 Å². The molecule has 4 aromatic rings. The number of aliphatic carboxylic acids is 1. The number of carbonyl (C=O) groups is 1. The highest BCUT2D eigenvalue weighted by atomic mass is 19.1. The molecule has 8 rings (SSSR count). The second-order valence-corrected chi connectivity index (χ2v) is 10.5. The highest BCUT2D eigenvalue weighted by Gasteiger charge is 2.47. The molecule has 4 aliphatic rings. The van der Waals surface area contributed by atoms with Gasteiger partial charge < -0.3 is 14.7 Å². The molecule has 3 heterocycles. The molecule has 2 bridgehead atoms. The van der Waals surface area contributed by atoms with Gasteiger partial charge in [0.25, 0.3) is 0 Å². The Morgan fingerprint density at radius 2 is 1.85 bits per heavy atom. The van der Waals surface area contributed by atoms with Crippen LogP contribution in [0.3, 0.4) is 0 Å². The number of hydrogen-bond donors (Lipinski definition) is 2. The molecule has 4 aliphatic carbocycles. The summed E-state index contributed by atoms with van der Waals surface area (Å²) in [4.78, 5) is 25.5. The van der Waals surface area contributed by atoms with Crippen molar-refractivity contribution in [3.05, 3.63) is 48.2 Å². The molecule has 0 amide bonds. The number of rotatable bonds is 5. The number of fused-ring (bicyclic) bond motifs is 5. The number of hydrogen-bond acceptors (Lipinski definition) is 3. The molecule has 7 heteroatoms. The number of nitrogens with one attached hydrogen (secondary N) is 1. The van der Waals surface area contributed by atoms with Crippen molar-refractivity contribution in [3.63, 3.8) is 0 Å². The summed E-state index contributed by atoms with van der Waals surface area (Å²) in [5, 5.41) is 11.9. The fraction of sp³-hybridized carbons (Fsp3) is 0.444. The maximum atomic E-state index is 14.1. The fourth-order valence-corrected chi connectivity index (χ4v) is 6.77. The number of carboxylic acid groups (broad SMARTS) is 1. The Labute approximate surface area is 196 Å². The van der Waals surface area contributed by atoms with Crippen molar-refractivity contribution in [1.29, 1.82) is 0 Å². The van der Waals surface area contributed by atoms with Crippen LogP contribution in [0, 0.1) is 29.5 Å². The maximum Gasteiger partial charge on any atom is 0.307 e. The van der Waals surface area contributed by atoms with Crippen LogP contribution in [0.25, 0.3) is 33.3 Å². The summed E-state index contributed by atoms with van der Waals surface area (Å²) in [6, 6.07) is 7.26. The molecule has 4 fully saturated rings. The van der Waals surface area contributed by atoms with E-state index in [4.69, 9.17) is 9.97 Å². The number of carboxylic acids is 1. The average molecular weight is 459 g/mol. The lowest BCUT2D eigenvalue weighted by atomic mass is 9.57. The number of aromatic amines is 1. The van der Waals surface area contributed by atoms with E-state index in [0.717, 1.165) is 71.7 Å². The van der Waals surface area contributed by atoms with E-state index in [1.54, 1.807) is 6.07 Å².